The van der Waals surface area contributed by atoms with Crippen LogP contribution in [0.15, 0.2) is 47.5 Å². The van der Waals surface area contributed by atoms with Crippen molar-refractivity contribution in [3.63, 3.8) is 0 Å². The molecule has 0 aliphatic heterocycles. The Morgan fingerprint density at radius 1 is 1.07 bits per heavy atom. The summed E-state index contributed by atoms with van der Waals surface area (Å²) in [4.78, 5) is 26.5. The van der Waals surface area contributed by atoms with E-state index >= 15 is 0 Å². The summed E-state index contributed by atoms with van der Waals surface area (Å²) in [6.07, 6.45) is 4.63. The summed E-state index contributed by atoms with van der Waals surface area (Å²) in [5.74, 6) is 0.837. The molecular formula is C21H19N5O. The van der Waals surface area contributed by atoms with Crippen molar-refractivity contribution in [3.05, 3.63) is 70.2 Å². The van der Waals surface area contributed by atoms with Gasteiger partial charge in [0.15, 0.2) is 5.82 Å². The molecule has 3 heterocycles. The van der Waals surface area contributed by atoms with Crippen LogP contribution in [-0.2, 0) is 19.9 Å². The highest BCUT2D eigenvalue weighted by molar-refractivity contribution is 5.80. The molecule has 6 nitrogen and oxygen atoms in total. The predicted octanol–water partition coefficient (Wildman–Crippen LogP) is 2.98. The highest BCUT2D eigenvalue weighted by atomic mass is 16.1. The Kier molecular flexibility index (Phi) is 3.47. The van der Waals surface area contributed by atoms with E-state index in [0.29, 0.717) is 10.9 Å². The zero-order valence-corrected chi connectivity index (χ0v) is 15.3. The fraction of sp³-hybridized carbons (Fsp3) is 0.238. The minimum atomic E-state index is -0.0474. The Morgan fingerprint density at radius 3 is 2.81 bits per heavy atom. The molecule has 0 spiro atoms. The van der Waals surface area contributed by atoms with E-state index < -0.39 is 0 Å². The largest absolute Gasteiger partial charge is 0.302 e. The lowest BCUT2D eigenvalue weighted by molar-refractivity contribution is 0.839. The second-order valence-electron chi connectivity index (χ2n) is 7.04. The third-order valence-corrected chi connectivity index (χ3v) is 5.16. The molecule has 1 aliphatic carbocycles. The Hall–Kier alpha value is -3.28. The number of hydrogen-bond donors (Lipinski definition) is 0. The summed E-state index contributed by atoms with van der Waals surface area (Å²) < 4.78 is 3.67. The van der Waals surface area contributed by atoms with Crippen LogP contribution in [-0.4, -0.2) is 24.1 Å². The molecule has 134 valence electrons. The zero-order valence-electron chi connectivity index (χ0n) is 15.3. The maximum atomic E-state index is 12.6. The van der Waals surface area contributed by atoms with Crippen LogP contribution in [0.1, 0.15) is 23.5 Å². The topological polar surface area (TPSA) is 65.6 Å². The second-order valence-corrected chi connectivity index (χ2v) is 7.04. The average molecular weight is 357 g/mol. The van der Waals surface area contributed by atoms with Gasteiger partial charge < -0.3 is 4.57 Å². The fourth-order valence-corrected chi connectivity index (χ4v) is 3.83. The highest BCUT2D eigenvalue weighted by Crippen LogP contribution is 2.31. The van der Waals surface area contributed by atoms with E-state index in [9.17, 15) is 4.79 Å². The fourth-order valence-electron chi connectivity index (χ4n) is 3.83. The third kappa shape index (κ3) is 2.48. The third-order valence-electron chi connectivity index (χ3n) is 5.16. The van der Waals surface area contributed by atoms with Crippen molar-refractivity contribution >= 4 is 10.9 Å². The first-order valence-electron chi connectivity index (χ1n) is 9.12. The Labute approximate surface area is 156 Å². The summed E-state index contributed by atoms with van der Waals surface area (Å²) in [5.41, 5.74) is 5.74. The van der Waals surface area contributed by atoms with Crippen LogP contribution >= 0.6 is 0 Å². The van der Waals surface area contributed by atoms with E-state index in [-0.39, 0.29) is 5.56 Å². The van der Waals surface area contributed by atoms with Crippen LogP contribution in [0.4, 0.5) is 0 Å². The summed E-state index contributed by atoms with van der Waals surface area (Å²) in [6, 6.07) is 11.8. The van der Waals surface area contributed by atoms with E-state index in [1.54, 1.807) is 13.4 Å². The number of pyridine rings is 1. The minimum absolute atomic E-state index is 0.0474. The van der Waals surface area contributed by atoms with Crippen molar-refractivity contribution in [1.82, 2.24) is 24.1 Å². The number of hydrogen-bond acceptors (Lipinski definition) is 4. The highest BCUT2D eigenvalue weighted by Gasteiger charge is 2.24. The smallest absolute Gasteiger partial charge is 0.260 e. The van der Waals surface area contributed by atoms with Crippen molar-refractivity contribution < 1.29 is 0 Å². The lowest BCUT2D eigenvalue weighted by Crippen LogP contribution is -2.17. The van der Waals surface area contributed by atoms with E-state index in [1.807, 2.05) is 43.3 Å². The van der Waals surface area contributed by atoms with Crippen LogP contribution < -0.4 is 5.56 Å². The molecule has 27 heavy (non-hydrogen) atoms. The quantitative estimate of drug-likeness (QED) is 0.553. The van der Waals surface area contributed by atoms with Gasteiger partial charge in [-0.3, -0.25) is 9.36 Å². The average Bonchev–Trinajstić information content (AvgIpc) is 3.26. The molecule has 6 heteroatoms. The molecular weight excluding hydrogens is 338 g/mol. The van der Waals surface area contributed by atoms with E-state index in [1.165, 1.54) is 10.3 Å². The van der Waals surface area contributed by atoms with Crippen LogP contribution in [0.5, 0.6) is 0 Å². The SMILES string of the molecule is Cc1cccc(-c2nc3c(n2-c2ccc4ncn(C)c(=O)c4c2)CCC3)n1. The molecule has 4 aromatic rings. The van der Waals surface area contributed by atoms with E-state index in [2.05, 4.69) is 14.5 Å². The lowest BCUT2D eigenvalue weighted by atomic mass is 10.2. The first kappa shape index (κ1) is 15.9. The Morgan fingerprint density at radius 2 is 1.96 bits per heavy atom. The van der Waals surface area contributed by atoms with Crippen LogP contribution in [0.3, 0.4) is 0 Å². The second kappa shape index (κ2) is 5.87. The standard InChI is InChI=1S/C21H19N5O/c1-13-5-3-7-18(23-13)20-24-17-6-4-8-19(17)26(20)14-9-10-16-15(11-14)21(27)25(2)12-22-16/h3,5,7,9-12H,4,6,8H2,1-2H3. The van der Waals surface area contributed by atoms with Gasteiger partial charge in [0.05, 0.1) is 22.9 Å². The number of nitrogens with zero attached hydrogens (tertiary/aromatic N) is 5. The van der Waals surface area contributed by atoms with E-state index in [0.717, 1.165) is 47.9 Å². The molecule has 5 rings (SSSR count). The van der Waals surface area contributed by atoms with Gasteiger partial charge in [-0.05, 0) is 56.5 Å². The van der Waals surface area contributed by atoms with E-state index in [4.69, 9.17) is 4.98 Å². The number of imidazole rings is 1. The monoisotopic (exact) mass is 357 g/mol. The maximum absolute atomic E-state index is 12.6. The zero-order chi connectivity index (χ0) is 18.5. The molecule has 0 saturated heterocycles. The van der Waals surface area contributed by atoms with Crippen molar-refractivity contribution in [2.75, 3.05) is 0 Å². The van der Waals surface area contributed by atoms with Gasteiger partial charge in [-0.25, -0.2) is 15.0 Å². The Balaban J connectivity index is 1.79. The molecule has 0 N–H and O–H groups in total. The molecule has 3 aromatic heterocycles. The normalized spacial score (nSPS) is 13.3. The van der Waals surface area contributed by atoms with Crippen molar-refractivity contribution in [1.29, 1.82) is 0 Å². The molecule has 0 bridgehead atoms. The maximum Gasteiger partial charge on any atom is 0.260 e. The molecule has 0 fully saturated rings. The van der Waals surface area contributed by atoms with Gasteiger partial charge >= 0.3 is 0 Å². The first-order chi connectivity index (χ1) is 13.1. The first-order valence-corrected chi connectivity index (χ1v) is 9.12. The molecule has 0 unspecified atom stereocenters. The number of aromatic nitrogens is 5. The van der Waals surface area contributed by atoms with Gasteiger partial charge in [0, 0.05) is 24.1 Å². The molecule has 1 aromatic carbocycles. The van der Waals surface area contributed by atoms with Gasteiger partial charge in [0.1, 0.15) is 5.69 Å². The minimum Gasteiger partial charge on any atom is -0.302 e. The summed E-state index contributed by atoms with van der Waals surface area (Å²) in [5, 5.41) is 0.612. The van der Waals surface area contributed by atoms with Gasteiger partial charge in [0.25, 0.3) is 5.56 Å². The lowest BCUT2D eigenvalue weighted by Gasteiger charge is -2.12. The molecule has 0 saturated carbocycles. The molecule has 0 amide bonds. The summed E-state index contributed by atoms with van der Waals surface area (Å²) in [7, 11) is 1.72. The van der Waals surface area contributed by atoms with Gasteiger partial charge in [-0.15, -0.1) is 0 Å². The van der Waals surface area contributed by atoms with Crippen molar-refractivity contribution in [2.45, 2.75) is 26.2 Å². The Bertz CT molecular complexity index is 1250. The van der Waals surface area contributed by atoms with Crippen LogP contribution in [0, 0.1) is 6.92 Å². The number of fused-ring (bicyclic) bond motifs is 2. The van der Waals surface area contributed by atoms with Gasteiger partial charge in [0.2, 0.25) is 0 Å². The van der Waals surface area contributed by atoms with Crippen LogP contribution in [0.25, 0.3) is 28.1 Å². The van der Waals surface area contributed by atoms with Gasteiger partial charge in [-0.1, -0.05) is 6.07 Å². The van der Waals surface area contributed by atoms with Crippen molar-refractivity contribution in [2.24, 2.45) is 7.05 Å². The molecule has 0 radical (unpaired) electrons. The predicted molar refractivity (Wildman–Crippen MR) is 104 cm³/mol. The van der Waals surface area contributed by atoms with Gasteiger partial charge in [-0.2, -0.15) is 0 Å². The summed E-state index contributed by atoms with van der Waals surface area (Å²) in [6.45, 7) is 1.98. The number of aryl methyl sites for hydroxylation is 3. The summed E-state index contributed by atoms with van der Waals surface area (Å²) >= 11 is 0. The van der Waals surface area contributed by atoms with Crippen LogP contribution in [0.2, 0.25) is 0 Å². The molecule has 0 atom stereocenters. The number of benzene rings is 1. The molecule has 1 aliphatic rings. The number of rotatable bonds is 2. The van der Waals surface area contributed by atoms with Crippen molar-refractivity contribution in [3.8, 4) is 17.2 Å².